The number of rotatable bonds is 0. The molecule has 78 valence electrons. The van der Waals surface area contributed by atoms with Gasteiger partial charge in [0.25, 0.3) is 0 Å². The van der Waals surface area contributed by atoms with E-state index in [4.69, 9.17) is 4.11 Å². The monoisotopic (exact) mass is 187 g/mol. The summed E-state index contributed by atoms with van der Waals surface area (Å²) in [4.78, 5) is 4.03. The highest BCUT2D eigenvalue weighted by molar-refractivity contribution is 4.89. The predicted molar refractivity (Wildman–Crippen MR) is 58.0 cm³/mol. The van der Waals surface area contributed by atoms with E-state index in [0.717, 1.165) is 6.54 Å². The molecule has 1 heterocycles. The first-order chi connectivity index (χ1) is 7.03. The van der Waals surface area contributed by atoms with E-state index in [1.165, 1.54) is 0 Å². The molecule has 0 radical (unpaired) electrons. The van der Waals surface area contributed by atoms with Crippen molar-refractivity contribution in [3.8, 4) is 0 Å². The first-order valence-electron chi connectivity index (χ1n) is 6.57. The lowest BCUT2D eigenvalue weighted by molar-refractivity contribution is -0.000118. The minimum absolute atomic E-state index is 0.0860. The van der Waals surface area contributed by atoms with E-state index in [1.807, 2.05) is 6.92 Å². The van der Waals surface area contributed by atoms with Crippen LogP contribution in [0.3, 0.4) is 0 Å². The molecule has 13 heavy (non-hydrogen) atoms. The first kappa shape index (κ1) is 7.24. The summed E-state index contributed by atoms with van der Waals surface area (Å²) in [6.45, 7) is 10.1. The van der Waals surface area contributed by atoms with E-state index in [2.05, 4.69) is 32.6 Å². The third-order valence-corrected chi connectivity index (χ3v) is 2.85. The van der Waals surface area contributed by atoms with Gasteiger partial charge in [-0.15, -0.1) is 0 Å². The number of likely N-dealkylation sites (N-methyl/N-ethyl adjacent to an activating group) is 1. The smallest absolute Gasteiger partial charge is 0.0394 e. The van der Waals surface area contributed by atoms with Gasteiger partial charge in [0, 0.05) is 34.8 Å². The summed E-state index contributed by atoms with van der Waals surface area (Å²) in [7, 11) is 0. The van der Waals surface area contributed by atoms with Crippen molar-refractivity contribution in [2.24, 2.45) is 0 Å². The van der Waals surface area contributed by atoms with Crippen LogP contribution in [-0.4, -0.2) is 47.5 Å². The molecule has 2 heteroatoms. The highest BCUT2D eigenvalue weighted by Gasteiger charge is 2.33. The van der Waals surface area contributed by atoms with Crippen molar-refractivity contribution >= 4 is 0 Å². The fourth-order valence-electron chi connectivity index (χ4n) is 2.06. The molecule has 2 nitrogen and oxygen atoms in total. The Balaban J connectivity index is 2.79. The quantitative estimate of drug-likeness (QED) is 0.571. The van der Waals surface area contributed by atoms with Crippen molar-refractivity contribution in [3.05, 3.63) is 0 Å². The van der Waals surface area contributed by atoms with Crippen LogP contribution in [0.1, 0.15) is 38.7 Å². The van der Waals surface area contributed by atoms with Crippen LogP contribution in [0.4, 0.5) is 0 Å². The van der Waals surface area contributed by atoms with Crippen LogP contribution < -0.4 is 0 Å². The average Bonchev–Trinajstić information content (AvgIpc) is 2.04. The van der Waals surface area contributed by atoms with Crippen molar-refractivity contribution in [1.82, 2.24) is 9.80 Å². The van der Waals surface area contributed by atoms with Crippen molar-refractivity contribution in [1.29, 1.82) is 0 Å². The maximum Gasteiger partial charge on any atom is 0.0394 e. The van der Waals surface area contributed by atoms with Crippen LogP contribution in [0, 0.1) is 0 Å². The van der Waals surface area contributed by atoms with Crippen molar-refractivity contribution in [2.45, 2.75) is 52.2 Å². The fraction of sp³-hybridized carbons (Fsp3) is 1.00. The van der Waals surface area contributed by atoms with Crippen LogP contribution in [0.15, 0.2) is 0 Å². The van der Waals surface area contributed by atoms with E-state index < -0.39 is 6.98 Å². The normalized spacial score (nSPS) is 38.1. The van der Waals surface area contributed by atoms with Crippen molar-refractivity contribution in [3.63, 3.8) is 0 Å². The van der Waals surface area contributed by atoms with Gasteiger partial charge in [0.2, 0.25) is 0 Å². The van der Waals surface area contributed by atoms with Crippen LogP contribution in [0.5, 0.6) is 0 Å². The number of hydrogen-bond acceptors (Lipinski definition) is 2. The molecule has 1 saturated heterocycles. The molecule has 0 saturated carbocycles. The summed E-state index contributed by atoms with van der Waals surface area (Å²) in [5.41, 5.74) is 0.106. The Hall–Kier alpha value is -0.0800. The van der Waals surface area contributed by atoms with Gasteiger partial charge in [0.1, 0.15) is 0 Å². The Morgan fingerprint density at radius 1 is 1.15 bits per heavy atom. The summed E-state index contributed by atoms with van der Waals surface area (Å²) in [5.74, 6) is 0. The molecule has 1 rings (SSSR count). The molecule has 0 bridgehead atoms. The Kier molecular flexibility index (Phi) is 2.00. The topological polar surface area (TPSA) is 6.48 Å². The minimum atomic E-state index is -1.96. The molecule has 0 spiro atoms. The number of hydrogen-bond donors (Lipinski definition) is 0. The maximum atomic E-state index is 7.51. The lowest BCUT2D eigenvalue weighted by atomic mass is 9.99. The van der Waals surface area contributed by atoms with E-state index >= 15 is 0 Å². The molecule has 0 aromatic heterocycles. The van der Waals surface area contributed by atoms with Gasteiger partial charge in [0.05, 0.1) is 0 Å². The van der Waals surface area contributed by atoms with Crippen LogP contribution in [0.25, 0.3) is 0 Å². The molecule has 2 atom stereocenters. The zero-order valence-corrected chi connectivity index (χ0v) is 9.46. The zero-order chi connectivity index (χ0) is 12.7. The third kappa shape index (κ3) is 2.44. The summed E-state index contributed by atoms with van der Waals surface area (Å²) < 4.78 is 22.5. The zero-order valence-electron chi connectivity index (χ0n) is 12.5. The summed E-state index contributed by atoms with van der Waals surface area (Å²) >= 11 is 0. The Bertz CT molecular complexity index is 219. The number of nitrogens with zero attached hydrogens (tertiary/aromatic N) is 2. The van der Waals surface area contributed by atoms with Gasteiger partial charge >= 0.3 is 0 Å². The Labute approximate surface area is 87.1 Å². The highest BCUT2D eigenvalue weighted by Crippen LogP contribution is 2.22. The largest absolute Gasteiger partial charge is 0.301 e. The van der Waals surface area contributed by atoms with Gasteiger partial charge in [-0.25, -0.2) is 0 Å². The average molecular weight is 187 g/mol. The Morgan fingerprint density at radius 3 is 2.23 bits per heavy atom. The SMILES string of the molecule is [2H]C([2H])([2H])N1C[C@@H](C)N(C(C)(C)C)C[C@@H]1C. The second-order valence-corrected chi connectivity index (χ2v) is 5.17. The van der Waals surface area contributed by atoms with E-state index in [-0.39, 0.29) is 17.6 Å². The fourth-order valence-corrected chi connectivity index (χ4v) is 2.06. The van der Waals surface area contributed by atoms with E-state index in [1.54, 1.807) is 4.90 Å². The third-order valence-electron chi connectivity index (χ3n) is 2.85. The molecule has 1 aliphatic heterocycles. The molecule has 0 amide bonds. The van der Waals surface area contributed by atoms with Gasteiger partial charge in [-0.05, 0) is 41.6 Å². The molecular weight excluding hydrogens is 160 g/mol. The van der Waals surface area contributed by atoms with Gasteiger partial charge in [-0.3, -0.25) is 4.90 Å². The summed E-state index contributed by atoms with van der Waals surface area (Å²) in [6.07, 6.45) is 0. The van der Waals surface area contributed by atoms with Gasteiger partial charge in [0.15, 0.2) is 0 Å². The molecule has 0 aromatic rings. The van der Waals surface area contributed by atoms with Crippen LogP contribution in [0.2, 0.25) is 0 Å². The van der Waals surface area contributed by atoms with Gasteiger partial charge in [-0.2, -0.15) is 0 Å². The lowest BCUT2D eigenvalue weighted by Crippen LogP contribution is -2.60. The molecule has 0 unspecified atom stereocenters. The minimum Gasteiger partial charge on any atom is -0.301 e. The standard InChI is InChI=1S/C11H24N2/c1-9-8-13(11(3,4)5)10(2)7-12(9)6/h9-10H,7-8H2,1-6H3/t9-,10+/m0/s1/i6D3. The van der Waals surface area contributed by atoms with Crippen molar-refractivity contribution < 1.29 is 4.11 Å². The van der Waals surface area contributed by atoms with E-state index in [9.17, 15) is 0 Å². The molecule has 0 aromatic carbocycles. The second-order valence-electron chi connectivity index (χ2n) is 5.17. The van der Waals surface area contributed by atoms with Gasteiger partial charge in [-0.1, -0.05) is 0 Å². The molecule has 1 aliphatic rings. The predicted octanol–water partition coefficient (Wildman–Crippen LogP) is 1.81. The number of piperazine rings is 1. The molecule has 0 N–H and O–H groups in total. The van der Waals surface area contributed by atoms with Crippen molar-refractivity contribution in [2.75, 3.05) is 20.1 Å². The van der Waals surface area contributed by atoms with E-state index in [0.29, 0.717) is 6.54 Å². The van der Waals surface area contributed by atoms with Crippen LogP contribution >= 0.6 is 0 Å². The Morgan fingerprint density at radius 2 is 1.77 bits per heavy atom. The highest BCUT2D eigenvalue weighted by atomic mass is 15.3. The molecule has 0 aliphatic carbocycles. The maximum absolute atomic E-state index is 7.51. The summed E-state index contributed by atoms with van der Waals surface area (Å²) in [6, 6.07) is 0.375. The summed E-state index contributed by atoms with van der Waals surface area (Å²) in [5, 5.41) is 0. The first-order valence-corrected chi connectivity index (χ1v) is 5.07. The lowest BCUT2D eigenvalue weighted by Gasteiger charge is -2.48. The van der Waals surface area contributed by atoms with Crippen LogP contribution in [-0.2, 0) is 0 Å². The second kappa shape index (κ2) is 3.58. The molecular formula is C11H24N2. The van der Waals surface area contributed by atoms with Gasteiger partial charge < -0.3 is 4.90 Å². The molecule has 1 fully saturated rings.